The highest BCUT2D eigenvalue weighted by molar-refractivity contribution is 8.26. The van der Waals surface area contributed by atoms with Crippen molar-refractivity contribution in [1.29, 1.82) is 5.41 Å². The number of aliphatic imine (C=N–C) groups is 1. The van der Waals surface area contributed by atoms with Crippen LogP contribution in [0, 0.1) is 31.0 Å². The zero-order chi connectivity index (χ0) is 21.6. The van der Waals surface area contributed by atoms with Crippen LogP contribution >= 0.6 is 11.8 Å². The number of nitrogens with zero attached hydrogens (tertiary/aromatic N) is 4. The molecule has 2 aliphatic rings. The van der Waals surface area contributed by atoms with E-state index in [1.165, 1.54) is 28.9 Å². The van der Waals surface area contributed by atoms with Crippen LogP contribution in [-0.4, -0.2) is 31.5 Å². The van der Waals surface area contributed by atoms with E-state index in [1.807, 2.05) is 24.5 Å². The molecule has 1 amide bonds. The Bertz CT molecular complexity index is 1140. The number of thioether (sulfide) groups is 1. The number of amides is 1. The van der Waals surface area contributed by atoms with Crippen LogP contribution in [0.25, 0.3) is 11.8 Å². The van der Waals surface area contributed by atoms with E-state index in [0.29, 0.717) is 11.1 Å². The second-order valence-electron chi connectivity index (χ2n) is 7.75. The largest absolute Gasteiger partial charge is 0.318 e. The van der Waals surface area contributed by atoms with Crippen molar-refractivity contribution in [3.8, 4) is 5.69 Å². The number of amidine groups is 2. The van der Waals surface area contributed by atoms with Crippen molar-refractivity contribution in [2.75, 3.05) is 0 Å². The molecule has 154 valence electrons. The van der Waals surface area contributed by atoms with Crippen LogP contribution in [0.2, 0.25) is 0 Å². The van der Waals surface area contributed by atoms with E-state index in [1.54, 1.807) is 18.2 Å². The summed E-state index contributed by atoms with van der Waals surface area (Å²) in [6, 6.07) is 8.20. The summed E-state index contributed by atoms with van der Waals surface area (Å²) in [5, 5.41) is 15.8. The van der Waals surface area contributed by atoms with Crippen LogP contribution in [-0.2, 0) is 4.79 Å². The van der Waals surface area contributed by atoms with Gasteiger partial charge in [-0.15, -0.1) is 0 Å². The predicted molar refractivity (Wildman–Crippen MR) is 120 cm³/mol. The molecule has 0 saturated heterocycles. The summed E-state index contributed by atoms with van der Waals surface area (Å²) in [6.07, 6.45) is 2.47. The van der Waals surface area contributed by atoms with Crippen LogP contribution in [0.5, 0.6) is 0 Å². The summed E-state index contributed by atoms with van der Waals surface area (Å²) in [4.78, 5) is 16.8. The molecule has 0 spiro atoms. The highest BCUT2D eigenvalue weighted by Gasteiger charge is 2.35. The van der Waals surface area contributed by atoms with Gasteiger partial charge in [0.1, 0.15) is 10.9 Å². The van der Waals surface area contributed by atoms with Gasteiger partial charge in [0.15, 0.2) is 5.84 Å². The molecule has 4 rings (SSSR count). The maximum Gasteiger partial charge on any atom is 0.283 e. The molecule has 0 unspecified atom stereocenters. The minimum Gasteiger partial charge on any atom is -0.318 e. The average Bonchev–Trinajstić information content (AvgIpc) is 3.19. The standard InChI is InChI=1S/C22H22FN5OS/c1-12(2)9-19-26-28-20(24)18(21(29)25-22(28)30-19)11-15-10-13(3)27(14(15)4)17-7-5-16(23)6-8-17/h5-8,10-12,24H,9H2,1-4H3/b18-11-,24-20?. The molecule has 1 aromatic heterocycles. The normalized spacial score (nSPS) is 17.7. The maximum atomic E-state index is 13.3. The number of rotatable bonds is 4. The van der Waals surface area contributed by atoms with Gasteiger partial charge in [0, 0.05) is 23.5 Å². The van der Waals surface area contributed by atoms with Crippen molar-refractivity contribution in [2.24, 2.45) is 16.0 Å². The lowest BCUT2D eigenvalue weighted by atomic mass is 10.1. The van der Waals surface area contributed by atoms with Crippen molar-refractivity contribution in [3.63, 3.8) is 0 Å². The summed E-state index contributed by atoms with van der Waals surface area (Å²) in [7, 11) is 0. The molecule has 2 aromatic rings. The number of hydrazone groups is 1. The first-order chi connectivity index (χ1) is 14.2. The molecule has 0 bridgehead atoms. The minimum absolute atomic E-state index is 0.0304. The molecule has 0 atom stereocenters. The Balaban J connectivity index is 1.70. The van der Waals surface area contributed by atoms with Gasteiger partial charge in [-0.25, -0.2) is 4.39 Å². The first-order valence-corrected chi connectivity index (χ1v) is 10.5. The minimum atomic E-state index is -0.439. The number of benzene rings is 1. The van der Waals surface area contributed by atoms with E-state index in [0.717, 1.165) is 34.1 Å². The molecule has 0 fully saturated rings. The number of carbonyl (C=O) groups excluding carboxylic acids is 1. The van der Waals surface area contributed by atoms with Crippen molar-refractivity contribution >= 4 is 39.8 Å². The molecular weight excluding hydrogens is 401 g/mol. The van der Waals surface area contributed by atoms with Crippen LogP contribution in [0.4, 0.5) is 4.39 Å². The molecular formula is C22H22FN5OS. The molecule has 0 saturated carbocycles. The van der Waals surface area contributed by atoms with Crippen molar-refractivity contribution in [3.05, 3.63) is 58.7 Å². The van der Waals surface area contributed by atoms with Gasteiger partial charge in [-0.05, 0) is 73.5 Å². The highest BCUT2D eigenvalue weighted by atomic mass is 32.2. The van der Waals surface area contributed by atoms with Gasteiger partial charge in [0.25, 0.3) is 5.91 Å². The van der Waals surface area contributed by atoms with Crippen LogP contribution < -0.4 is 0 Å². The van der Waals surface area contributed by atoms with Gasteiger partial charge in [0.05, 0.1) is 5.57 Å². The van der Waals surface area contributed by atoms with E-state index in [-0.39, 0.29) is 17.2 Å². The Morgan fingerprint density at radius 3 is 2.60 bits per heavy atom. The Hall–Kier alpha value is -3.00. The van der Waals surface area contributed by atoms with E-state index < -0.39 is 5.91 Å². The van der Waals surface area contributed by atoms with E-state index in [9.17, 15) is 9.18 Å². The number of aryl methyl sites for hydroxylation is 1. The third-order valence-electron chi connectivity index (χ3n) is 4.93. The van der Waals surface area contributed by atoms with E-state index in [4.69, 9.17) is 5.41 Å². The topological polar surface area (TPSA) is 73.8 Å². The molecule has 1 N–H and O–H groups in total. The monoisotopic (exact) mass is 423 g/mol. The van der Waals surface area contributed by atoms with Gasteiger partial charge in [-0.2, -0.15) is 15.1 Å². The first-order valence-electron chi connectivity index (χ1n) is 9.68. The molecule has 0 aliphatic carbocycles. The van der Waals surface area contributed by atoms with Crippen LogP contribution in [0.15, 0.2) is 46.0 Å². The van der Waals surface area contributed by atoms with E-state index in [2.05, 4.69) is 23.9 Å². The fourth-order valence-electron chi connectivity index (χ4n) is 3.54. The number of halogens is 1. The molecule has 6 nitrogen and oxygen atoms in total. The molecule has 3 heterocycles. The Morgan fingerprint density at radius 1 is 1.23 bits per heavy atom. The molecule has 0 radical (unpaired) electrons. The quantitative estimate of drug-likeness (QED) is 0.711. The summed E-state index contributed by atoms with van der Waals surface area (Å²) in [5.41, 5.74) is 3.68. The zero-order valence-corrected chi connectivity index (χ0v) is 18.0. The van der Waals surface area contributed by atoms with Crippen LogP contribution in [0.1, 0.15) is 37.2 Å². The zero-order valence-electron chi connectivity index (χ0n) is 17.2. The maximum absolute atomic E-state index is 13.3. The lowest BCUT2D eigenvalue weighted by Gasteiger charge is -2.20. The number of hydrogen-bond donors (Lipinski definition) is 1. The predicted octanol–water partition coefficient (Wildman–Crippen LogP) is 4.90. The average molecular weight is 424 g/mol. The van der Waals surface area contributed by atoms with Gasteiger partial charge in [0.2, 0.25) is 5.17 Å². The smallest absolute Gasteiger partial charge is 0.283 e. The van der Waals surface area contributed by atoms with Gasteiger partial charge >= 0.3 is 0 Å². The summed E-state index contributed by atoms with van der Waals surface area (Å²) in [5.74, 6) is -0.275. The summed E-state index contributed by atoms with van der Waals surface area (Å²) < 4.78 is 15.3. The van der Waals surface area contributed by atoms with Crippen molar-refractivity contribution in [1.82, 2.24) is 9.58 Å². The molecule has 30 heavy (non-hydrogen) atoms. The second kappa shape index (κ2) is 7.68. The number of aromatic nitrogens is 1. The highest BCUT2D eigenvalue weighted by Crippen LogP contribution is 2.31. The number of hydrogen-bond acceptors (Lipinski definition) is 4. The number of fused-ring (bicyclic) bond motifs is 1. The Kier molecular flexibility index (Phi) is 5.19. The summed E-state index contributed by atoms with van der Waals surface area (Å²) >= 11 is 1.35. The molecule has 2 aliphatic heterocycles. The lowest BCUT2D eigenvalue weighted by molar-refractivity contribution is -0.114. The second-order valence-corrected chi connectivity index (χ2v) is 8.79. The van der Waals surface area contributed by atoms with Crippen molar-refractivity contribution in [2.45, 2.75) is 34.1 Å². The van der Waals surface area contributed by atoms with Crippen LogP contribution in [0.3, 0.4) is 0 Å². The first kappa shape index (κ1) is 20.3. The van der Waals surface area contributed by atoms with Gasteiger partial charge < -0.3 is 4.57 Å². The van der Waals surface area contributed by atoms with Gasteiger partial charge in [-0.3, -0.25) is 10.2 Å². The van der Waals surface area contributed by atoms with E-state index >= 15 is 0 Å². The van der Waals surface area contributed by atoms with Gasteiger partial charge in [-0.1, -0.05) is 13.8 Å². The van der Waals surface area contributed by atoms with Crippen molar-refractivity contribution < 1.29 is 9.18 Å². The number of carbonyl (C=O) groups is 1. The number of nitrogens with one attached hydrogen (secondary N) is 1. The fraction of sp³-hybridized carbons (Fsp3) is 0.273. The SMILES string of the molecule is Cc1cc(/C=C2/C(=N)N3N=C(CC(C)C)SC3=NC2=O)c(C)n1-c1ccc(F)cc1. The molecule has 8 heteroatoms. The third-order valence-corrected chi connectivity index (χ3v) is 5.86. The molecule has 1 aromatic carbocycles. The third kappa shape index (κ3) is 3.63. The fourth-order valence-corrected chi connectivity index (χ4v) is 4.64. The Labute approximate surface area is 178 Å². The lowest BCUT2D eigenvalue weighted by Crippen LogP contribution is -2.35. The Morgan fingerprint density at radius 2 is 1.93 bits per heavy atom. The summed E-state index contributed by atoms with van der Waals surface area (Å²) in [6.45, 7) is 8.07.